The minimum absolute atomic E-state index is 0.854. The third-order valence-electron chi connectivity index (χ3n) is 2.17. The molecule has 1 aliphatic heterocycles. The fourth-order valence-corrected chi connectivity index (χ4v) is 2.60. The van der Waals surface area contributed by atoms with Gasteiger partial charge in [-0.15, -0.1) is 11.8 Å². The van der Waals surface area contributed by atoms with Gasteiger partial charge in [0.1, 0.15) is 5.75 Å². The molecule has 0 amide bonds. The Morgan fingerprint density at radius 1 is 1.46 bits per heavy atom. The summed E-state index contributed by atoms with van der Waals surface area (Å²) in [6, 6.07) is 6.38. The van der Waals surface area contributed by atoms with Crippen LogP contribution in [-0.4, -0.2) is 12.4 Å². The zero-order valence-corrected chi connectivity index (χ0v) is 8.69. The normalized spacial score (nSPS) is 14.8. The van der Waals surface area contributed by atoms with Crippen molar-refractivity contribution < 1.29 is 4.74 Å². The second-order valence-corrected chi connectivity index (χ2v) is 4.30. The van der Waals surface area contributed by atoms with E-state index >= 15 is 0 Å². The minimum atomic E-state index is 0.854. The number of benzene rings is 1. The quantitative estimate of drug-likeness (QED) is 0.715. The maximum atomic E-state index is 5.59. The number of hydrogen-bond acceptors (Lipinski definition) is 2. The number of rotatable bonds is 2. The topological polar surface area (TPSA) is 9.23 Å². The van der Waals surface area contributed by atoms with Crippen molar-refractivity contribution in [3.05, 3.63) is 23.8 Å². The van der Waals surface area contributed by atoms with Gasteiger partial charge in [0.2, 0.25) is 0 Å². The average Bonchev–Trinajstić information content (AvgIpc) is 2.19. The van der Waals surface area contributed by atoms with Gasteiger partial charge in [0.05, 0.1) is 11.5 Å². The van der Waals surface area contributed by atoms with Gasteiger partial charge in [-0.1, -0.05) is 25.5 Å². The summed E-state index contributed by atoms with van der Waals surface area (Å²) in [5.74, 6) is 2.18. The Hall–Kier alpha value is -0.630. The molecule has 0 saturated heterocycles. The zero-order chi connectivity index (χ0) is 9.10. The van der Waals surface area contributed by atoms with Gasteiger partial charge in [-0.25, -0.2) is 0 Å². The van der Waals surface area contributed by atoms with Crippen LogP contribution < -0.4 is 4.74 Å². The van der Waals surface area contributed by atoms with E-state index < -0.39 is 0 Å². The second kappa shape index (κ2) is 4.05. The van der Waals surface area contributed by atoms with Gasteiger partial charge in [-0.2, -0.15) is 0 Å². The molecule has 0 fully saturated rings. The summed E-state index contributed by atoms with van der Waals surface area (Å²) in [5, 5.41) is 0. The van der Waals surface area contributed by atoms with Crippen LogP contribution in [0.25, 0.3) is 0 Å². The summed E-state index contributed by atoms with van der Waals surface area (Å²) in [5.41, 5.74) is 1.45. The van der Waals surface area contributed by atoms with E-state index in [0.717, 1.165) is 18.1 Å². The van der Waals surface area contributed by atoms with Crippen molar-refractivity contribution in [1.29, 1.82) is 0 Å². The SMILES string of the molecule is CCCc1cccc2c1SCCO2. The lowest BCUT2D eigenvalue weighted by Crippen LogP contribution is -2.07. The monoisotopic (exact) mass is 194 g/mol. The van der Waals surface area contributed by atoms with Crippen LogP contribution in [0.15, 0.2) is 23.1 Å². The standard InChI is InChI=1S/C11H14OS/c1-2-4-9-5-3-6-10-11(9)13-8-7-12-10/h3,5-6H,2,4,7-8H2,1H3. The number of thioether (sulfide) groups is 1. The Morgan fingerprint density at radius 2 is 2.38 bits per heavy atom. The first kappa shape index (κ1) is 8.95. The van der Waals surface area contributed by atoms with Crippen LogP contribution in [0.5, 0.6) is 5.75 Å². The Kier molecular flexibility index (Phi) is 2.79. The van der Waals surface area contributed by atoms with Gasteiger partial charge in [0, 0.05) is 5.75 Å². The van der Waals surface area contributed by atoms with E-state index in [1.54, 1.807) is 0 Å². The van der Waals surface area contributed by atoms with Crippen LogP contribution >= 0.6 is 11.8 Å². The summed E-state index contributed by atoms with van der Waals surface area (Å²) in [6.45, 7) is 3.07. The first-order chi connectivity index (χ1) is 6.42. The largest absolute Gasteiger partial charge is 0.492 e. The number of hydrogen-bond donors (Lipinski definition) is 0. The first-order valence-corrected chi connectivity index (χ1v) is 5.78. The average molecular weight is 194 g/mol. The Morgan fingerprint density at radius 3 is 3.23 bits per heavy atom. The molecule has 0 atom stereocenters. The molecule has 0 spiro atoms. The molecule has 2 rings (SSSR count). The van der Waals surface area contributed by atoms with Crippen molar-refractivity contribution in [3.8, 4) is 5.75 Å². The van der Waals surface area contributed by atoms with Crippen LogP contribution in [0.1, 0.15) is 18.9 Å². The molecular weight excluding hydrogens is 180 g/mol. The van der Waals surface area contributed by atoms with Crippen molar-refractivity contribution in [2.45, 2.75) is 24.7 Å². The summed E-state index contributed by atoms with van der Waals surface area (Å²) in [6.07, 6.45) is 2.37. The molecule has 1 aliphatic rings. The van der Waals surface area contributed by atoms with E-state index in [0.29, 0.717) is 0 Å². The van der Waals surface area contributed by atoms with Gasteiger partial charge in [-0.05, 0) is 18.1 Å². The predicted molar refractivity (Wildman–Crippen MR) is 56.7 cm³/mol. The lowest BCUT2D eigenvalue weighted by molar-refractivity contribution is 0.329. The van der Waals surface area contributed by atoms with E-state index in [-0.39, 0.29) is 0 Å². The lowest BCUT2D eigenvalue weighted by Gasteiger charge is -2.19. The van der Waals surface area contributed by atoms with Crippen molar-refractivity contribution in [2.24, 2.45) is 0 Å². The first-order valence-electron chi connectivity index (χ1n) is 4.79. The zero-order valence-electron chi connectivity index (χ0n) is 7.88. The number of ether oxygens (including phenoxy) is 1. The van der Waals surface area contributed by atoms with Crippen LogP contribution in [0.4, 0.5) is 0 Å². The van der Waals surface area contributed by atoms with Crippen molar-refractivity contribution >= 4 is 11.8 Å². The van der Waals surface area contributed by atoms with E-state index in [4.69, 9.17) is 4.74 Å². The van der Waals surface area contributed by atoms with E-state index in [1.807, 2.05) is 11.8 Å². The molecule has 0 radical (unpaired) electrons. The molecule has 13 heavy (non-hydrogen) atoms. The summed E-state index contributed by atoms with van der Waals surface area (Å²) in [4.78, 5) is 1.37. The highest BCUT2D eigenvalue weighted by atomic mass is 32.2. The molecule has 1 heterocycles. The fraction of sp³-hybridized carbons (Fsp3) is 0.455. The molecule has 2 heteroatoms. The smallest absolute Gasteiger partial charge is 0.133 e. The summed E-state index contributed by atoms with van der Waals surface area (Å²) in [7, 11) is 0. The van der Waals surface area contributed by atoms with Crippen molar-refractivity contribution in [2.75, 3.05) is 12.4 Å². The molecule has 1 aromatic carbocycles. The third kappa shape index (κ3) is 1.83. The van der Waals surface area contributed by atoms with Gasteiger partial charge in [-0.3, -0.25) is 0 Å². The van der Waals surface area contributed by atoms with Gasteiger partial charge < -0.3 is 4.74 Å². The molecule has 0 saturated carbocycles. The fourth-order valence-electron chi connectivity index (χ4n) is 1.60. The van der Waals surface area contributed by atoms with E-state index in [2.05, 4.69) is 25.1 Å². The van der Waals surface area contributed by atoms with Crippen LogP contribution in [0.2, 0.25) is 0 Å². The van der Waals surface area contributed by atoms with Gasteiger partial charge >= 0.3 is 0 Å². The third-order valence-corrected chi connectivity index (χ3v) is 3.29. The summed E-state index contributed by atoms with van der Waals surface area (Å²) >= 11 is 1.93. The maximum absolute atomic E-state index is 5.59. The van der Waals surface area contributed by atoms with Crippen LogP contribution in [0, 0.1) is 0 Å². The van der Waals surface area contributed by atoms with Crippen LogP contribution in [-0.2, 0) is 6.42 Å². The number of fused-ring (bicyclic) bond motifs is 1. The molecule has 0 N–H and O–H groups in total. The molecule has 70 valence electrons. The molecule has 1 nitrogen and oxygen atoms in total. The highest BCUT2D eigenvalue weighted by Crippen LogP contribution is 2.36. The maximum Gasteiger partial charge on any atom is 0.133 e. The predicted octanol–water partition coefficient (Wildman–Crippen LogP) is 3.12. The highest BCUT2D eigenvalue weighted by Gasteiger charge is 2.13. The van der Waals surface area contributed by atoms with Crippen LogP contribution in [0.3, 0.4) is 0 Å². The number of aryl methyl sites for hydroxylation is 1. The molecule has 1 aromatic rings. The molecular formula is C11H14OS. The molecule has 0 aliphatic carbocycles. The molecule has 0 bridgehead atoms. The Bertz CT molecular complexity index is 296. The molecule has 0 unspecified atom stereocenters. The van der Waals surface area contributed by atoms with E-state index in [9.17, 15) is 0 Å². The minimum Gasteiger partial charge on any atom is -0.492 e. The van der Waals surface area contributed by atoms with Crippen molar-refractivity contribution in [1.82, 2.24) is 0 Å². The van der Waals surface area contributed by atoms with E-state index in [1.165, 1.54) is 23.3 Å². The molecule has 0 aromatic heterocycles. The summed E-state index contributed by atoms with van der Waals surface area (Å²) < 4.78 is 5.59. The van der Waals surface area contributed by atoms with Gasteiger partial charge in [0.25, 0.3) is 0 Å². The van der Waals surface area contributed by atoms with Crippen molar-refractivity contribution in [3.63, 3.8) is 0 Å². The Balaban J connectivity index is 2.34. The highest BCUT2D eigenvalue weighted by molar-refractivity contribution is 7.99. The van der Waals surface area contributed by atoms with Gasteiger partial charge in [0.15, 0.2) is 0 Å². The lowest BCUT2D eigenvalue weighted by atomic mass is 10.1. The Labute approximate surface area is 83.5 Å². The second-order valence-electron chi connectivity index (χ2n) is 3.19.